The summed E-state index contributed by atoms with van der Waals surface area (Å²) in [5.74, 6) is 0.293. The number of aliphatic hydroxyl groups is 1. The van der Waals surface area contributed by atoms with E-state index in [-0.39, 0.29) is 6.61 Å². The van der Waals surface area contributed by atoms with Crippen LogP contribution in [0.3, 0.4) is 0 Å². The predicted octanol–water partition coefficient (Wildman–Crippen LogP) is 2.17. The molecule has 0 radical (unpaired) electrons. The highest BCUT2D eigenvalue weighted by molar-refractivity contribution is 5.27. The first-order chi connectivity index (χ1) is 8.78. The van der Waals surface area contributed by atoms with E-state index in [0.29, 0.717) is 5.75 Å². The number of phenolic OH excluding ortho intramolecular Hbond substituents is 1. The molecule has 3 N–H and O–H groups in total. The highest BCUT2D eigenvalue weighted by Gasteiger charge is 1.96. The molecule has 0 saturated heterocycles. The predicted molar refractivity (Wildman–Crippen MR) is 71.0 cm³/mol. The third-order valence-corrected chi connectivity index (χ3v) is 2.77. The van der Waals surface area contributed by atoms with Crippen LogP contribution in [0.5, 0.6) is 5.75 Å². The fourth-order valence-corrected chi connectivity index (χ4v) is 1.78. The van der Waals surface area contributed by atoms with Crippen LogP contribution in [0.2, 0.25) is 0 Å². The van der Waals surface area contributed by atoms with Crippen LogP contribution >= 0.6 is 0 Å². The van der Waals surface area contributed by atoms with Crippen LogP contribution in [0.25, 0.3) is 0 Å². The van der Waals surface area contributed by atoms with Crippen LogP contribution in [0.1, 0.15) is 16.7 Å². The van der Waals surface area contributed by atoms with Crippen molar-refractivity contribution >= 4 is 0 Å². The second-order valence-electron chi connectivity index (χ2n) is 4.25. The minimum Gasteiger partial charge on any atom is -0.508 e. The first-order valence-corrected chi connectivity index (χ1v) is 5.95. The van der Waals surface area contributed by atoms with Crippen LogP contribution in [-0.4, -0.2) is 10.2 Å². The Balaban J connectivity index is 1.84. The molecule has 2 rings (SSSR count). The number of aliphatic hydroxyl groups excluding tert-OH is 1. The molecular weight excluding hydrogens is 226 g/mol. The van der Waals surface area contributed by atoms with Crippen molar-refractivity contribution in [2.75, 3.05) is 0 Å². The van der Waals surface area contributed by atoms with Crippen molar-refractivity contribution in [2.24, 2.45) is 0 Å². The lowest BCUT2D eigenvalue weighted by molar-refractivity contribution is 0.282. The first-order valence-electron chi connectivity index (χ1n) is 5.95. The molecule has 0 unspecified atom stereocenters. The fourth-order valence-electron chi connectivity index (χ4n) is 1.78. The highest BCUT2D eigenvalue weighted by Crippen LogP contribution is 2.11. The highest BCUT2D eigenvalue weighted by atomic mass is 16.3. The Labute approximate surface area is 107 Å². The zero-order valence-electron chi connectivity index (χ0n) is 10.1. The third kappa shape index (κ3) is 3.58. The van der Waals surface area contributed by atoms with Gasteiger partial charge in [-0.05, 0) is 28.8 Å². The van der Waals surface area contributed by atoms with E-state index < -0.39 is 0 Å². The molecule has 18 heavy (non-hydrogen) atoms. The van der Waals surface area contributed by atoms with E-state index in [4.69, 9.17) is 5.11 Å². The van der Waals surface area contributed by atoms with E-state index in [2.05, 4.69) is 5.32 Å². The second kappa shape index (κ2) is 6.19. The maximum atomic E-state index is 9.34. The van der Waals surface area contributed by atoms with Gasteiger partial charge < -0.3 is 15.5 Å². The Bertz CT molecular complexity index is 494. The molecule has 0 spiro atoms. The van der Waals surface area contributed by atoms with Crippen LogP contribution in [-0.2, 0) is 19.7 Å². The summed E-state index contributed by atoms with van der Waals surface area (Å²) in [4.78, 5) is 0. The van der Waals surface area contributed by atoms with Gasteiger partial charge in [-0.15, -0.1) is 0 Å². The number of phenols is 1. The van der Waals surface area contributed by atoms with Crippen molar-refractivity contribution in [1.82, 2.24) is 5.32 Å². The van der Waals surface area contributed by atoms with E-state index in [9.17, 15) is 5.11 Å². The van der Waals surface area contributed by atoms with Crippen molar-refractivity contribution in [2.45, 2.75) is 19.7 Å². The SMILES string of the molecule is OCc1ccc(CNCc2cccc(O)c2)cc1. The summed E-state index contributed by atoms with van der Waals surface area (Å²) in [5, 5.41) is 21.6. The largest absolute Gasteiger partial charge is 0.508 e. The van der Waals surface area contributed by atoms with Crippen LogP contribution in [0.15, 0.2) is 48.5 Å². The van der Waals surface area contributed by atoms with Gasteiger partial charge in [0.15, 0.2) is 0 Å². The van der Waals surface area contributed by atoms with Crippen LogP contribution in [0, 0.1) is 0 Å². The number of nitrogens with one attached hydrogen (secondary N) is 1. The molecule has 0 amide bonds. The van der Waals surface area contributed by atoms with Gasteiger partial charge in [0, 0.05) is 13.1 Å². The zero-order valence-corrected chi connectivity index (χ0v) is 10.1. The molecule has 0 aromatic heterocycles. The second-order valence-corrected chi connectivity index (χ2v) is 4.25. The lowest BCUT2D eigenvalue weighted by Gasteiger charge is -2.06. The summed E-state index contributed by atoms with van der Waals surface area (Å²) in [6.07, 6.45) is 0. The Kier molecular flexibility index (Phi) is 4.34. The van der Waals surface area contributed by atoms with E-state index in [1.807, 2.05) is 36.4 Å². The van der Waals surface area contributed by atoms with Gasteiger partial charge in [0.2, 0.25) is 0 Å². The summed E-state index contributed by atoms with van der Waals surface area (Å²) in [7, 11) is 0. The molecule has 0 saturated carbocycles. The van der Waals surface area contributed by atoms with Crippen molar-refractivity contribution < 1.29 is 10.2 Å². The monoisotopic (exact) mass is 243 g/mol. The summed E-state index contributed by atoms with van der Waals surface area (Å²) >= 11 is 0. The molecular formula is C15H17NO2. The van der Waals surface area contributed by atoms with Crippen molar-refractivity contribution in [3.8, 4) is 5.75 Å². The van der Waals surface area contributed by atoms with Gasteiger partial charge in [-0.3, -0.25) is 0 Å². The van der Waals surface area contributed by atoms with Gasteiger partial charge in [0.05, 0.1) is 6.61 Å². The Hall–Kier alpha value is -1.84. The molecule has 3 nitrogen and oxygen atoms in total. The molecule has 0 fully saturated rings. The molecule has 0 heterocycles. The van der Waals surface area contributed by atoms with Gasteiger partial charge in [0.1, 0.15) is 5.75 Å². The van der Waals surface area contributed by atoms with E-state index in [0.717, 1.165) is 24.2 Å². The van der Waals surface area contributed by atoms with E-state index in [1.54, 1.807) is 12.1 Å². The van der Waals surface area contributed by atoms with Crippen molar-refractivity contribution in [3.05, 3.63) is 65.2 Å². The van der Waals surface area contributed by atoms with Gasteiger partial charge in [0.25, 0.3) is 0 Å². The topological polar surface area (TPSA) is 52.5 Å². The Morgan fingerprint density at radius 3 is 2.17 bits per heavy atom. The minimum absolute atomic E-state index is 0.0804. The van der Waals surface area contributed by atoms with E-state index in [1.165, 1.54) is 5.56 Å². The van der Waals surface area contributed by atoms with Gasteiger partial charge in [-0.2, -0.15) is 0 Å². The average Bonchev–Trinajstić information content (AvgIpc) is 2.40. The van der Waals surface area contributed by atoms with Crippen LogP contribution < -0.4 is 5.32 Å². The summed E-state index contributed by atoms with van der Waals surface area (Å²) < 4.78 is 0. The summed E-state index contributed by atoms with van der Waals surface area (Å²) in [6.45, 7) is 1.56. The molecule has 0 bridgehead atoms. The molecule has 3 heteroatoms. The molecule has 94 valence electrons. The molecule has 0 atom stereocenters. The van der Waals surface area contributed by atoms with Gasteiger partial charge in [-0.25, -0.2) is 0 Å². The maximum Gasteiger partial charge on any atom is 0.115 e. The molecule has 2 aromatic carbocycles. The standard InChI is InChI=1S/C15H17NO2/c17-11-13-6-4-12(5-7-13)9-16-10-14-2-1-3-15(18)8-14/h1-8,16-18H,9-11H2. The molecule has 0 aliphatic rings. The van der Waals surface area contributed by atoms with Crippen molar-refractivity contribution in [3.63, 3.8) is 0 Å². The van der Waals surface area contributed by atoms with Crippen molar-refractivity contribution in [1.29, 1.82) is 0 Å². The summed E-state index contributed by atoms with van der Waals surface area (Å²) in [5.41, 5.74) is 3.15. The number of hydrogen-bond acceptors (Lipinski definition) is 3. The fraction of sp³-hybridized carbons (Fsp3) is 0.200. The maximum absolute atomic E-state index is 9.34. The first kappa shape index (κ1) is 12.6. The lowest BCUT2D eigenvalue weighted by Crippen LogP contribution is -2.12. The minimum atomic E-state index is 0.0804. The number of hydrogen-bond donors (Lipinski definition) is 3. The molecule has 0 aliphatic heterocycles. The Morgan fingerprint density at radius 1 is 0.833 bits per heavy atom. The van der Waals surface area contributed by atoms with Gasteiger partial charge >= 0.3 is 0 Å². The number of aromatic hydroxyl groups is 1. The van der Waals surface area contributed by atoms with Crippen LogP contribution in [0.4, 0.5) is 0 Å². The molecule has 2 aromatic rings. The lowest BCUT2D eigenvalue weighted by atomic mass is 10.1. The molecule has 0 aliphatic carbocycles. The average molecular weight is 243 g/mol. The zero-order chi connectivity index (χ0) is 12.8. The quantitative estimate of drug-likeness (QED) is 0.754. The summed E-state index contributed by atoms with van der Waals surface area (Å²) in [6, 6.07) is 15.1. The van der Waals surface area contributed by atoms with E-state index >= 15 is 0 Å². The third-order valence-electron chi connectivity index (χ3n) is 2.77. The number of benzene rings is 2. The number of rotatable bonds is 5. The Morgan fingerprint density at radius 2 is 1.50 bits per heavy atom. The van der Waals surface area contributed by atoms with Gasteiger partial charge in [-0.1, -0.05) is 36.4 Å². The smallest absolute Gasteiger partial charge is 0.115 e. The normalized spacial score (nSPS) is 10.5.